The van der Waals surface area contributed by atoms with Crippen molar-refractivity contribution in [1.82, 2.24) is 0 Å². The molecule has 0 aliphatic heterocycles. The minimum Gasteiger partial charge on any atom is -0.462 e. The number of hydrogen-bond acceptors (Lipinski definition) is 15. The summed E-state index contributed by atoms with van der Waals surface area (Å²) in [5.74, 6) is -2.19. The second kappa shape index (κ2) is 71.9. The number of allylic oxidation sites excluding steroid dienone is 12. The maximum Gasteiger partial charge on any atom is 0.472 e. The molecule has 0 bridgehead atoms. The maximum atomic E-state index is 13.1. The van der Waals surface area contributed by atoms with Crippen molar-refractivity contribution in [1.29, 1.82) is 0 Å². The summed E-state index contributed by atoms with van der Waals surface area (Å²) in [4.78, 5) is 72.9. The summed E-state index contributed by atoms with van der Waals surface area (Å²) in [6, 6.07) is 0. The Kier molecular flexibility index (Phi) is 69.3. The van der Waals surface area contributed by atoms with Crippen LogP contribution in [0.5, 0.6) is 0 Å². The largest absolute Gasteiger partial charge is 0.472 e. The molecule has 17 nitrogen and oxygen atoms in total. The molecule has 0 radical (unpaired) electrons. The standard InChI is InChI=1S/C79H142O17P2/c1-5-9-13-17-21-25-29-33-36-40-43-47-51-55-59-63-76(81)89-69-74(95-78(83)65-61-57-53-49-45-39-32-28-24-20-16-12-8-4)71-93-97(85,86)91-67-73(80)68-92-98(87,88)94-72-75(96-79(84)66-62-58-54-50-46-42-38-35-31-27-23-19-15-11-7-3)70-90-77(82)64-60-56-52-48-44-41-37-34-30-26-22-18-14-10-6-2/h9,13,16,20-21,25,28,32-34,36-37,73-75,80H,5-8,10-12,14-15,17-19,22-24,26-27,29-31,35,38-72H2,1-4H3,(H,85,86)(H,87,88)/b13-9-,20-16-,25-21-,32-28-,36-33-,37-34-. The van der Waals surface area contributed by atoms with Crippen molar-refractivity contribution in [3.63, 3.8) is 0 Å². The van der Waals surface area contributed by atoms with E-state index < -0.39 is 97.5 Å². The molecule has 0 spiro atoms. The van der Waals surface area contributed by atoms with E-state index in [0.29, 0.717) is 25.7 Å². The number of phosphoric ester groups is 2. The number of aliphatic hydroxyl groups is 1. The molecule has 98 heavy (non-hydrogen) atoms. The zero-order valence-corrected chi connectivity index (χ0v) is 64.0. The summed E-state index contributed by atoms with van der Waals surface area (Å²) in [6.07, 6.45) is 71.7. The predicted octanol–water partition coefficient (Wildman–Crippen LogP) is 22.4. The minimum absolute atomic E-state index is 0.0766. The second-order valence-corrected chi connectivity index (χ2v) is 29.2. The summed E-state index contributed by atoms with van der Waals surface area (Å²) in [7, 11) is -9.95. The first-order valence-electron chi connectivity index (χ1n) is 39.2. The highest BCUT2D eigenvalue weighted by Gasteiger charge is 2.30. The molecule has 0 saturated heterocycles. The molecule has 0 aromatic heterocycles. The zero-order valence-electron chi connectivity index (χ0n) is 62.2. The fraction of sp³-hybridized carbons (Fsp3) is 0.797. The average Bonchev–Trinajstić information content (AvgIpc) is 0.959. The van der Waals surface area contributed by atoms with Crippen LogP contribution in [0.4, 0.5) is 0 Å². The molecule has 0 saturated carbocycles. The number of rotatable bonds is 74. The quantitative estimate of drug-likeness (QED) is 0.0169. The first kappa shape index (κ1) is 94.5. The molecule has 0 aliphatic carbocycles. The highest BCUT2D eigenvalue weighted by atomic mass is 31.2. The molecule has 0 rings (SSSR count). The topological polar surface area (TPSA) is 237 Å². The zero-order chi connectivity index (χ0) is 71.8. The van der Waals surface area contributed by atoms with Crippen LogP contribution in [0, 0.1) is 0 Å². The Balaban J connectivity index is 5.34. The monoisotopic (exact) mass is 1420 g/mol. The van der Waals surface area contributed by atoms with Gasteiger partial charge in [0.1, 0.15) is 19.3 Å². The molecule has 5 atom stereocenters. The third-order valence-electron chi connectivity index (χ3n) is 16.6. The number of hydrogen-bond donors (Lipinski definition) is 3. The fourth-order valence-corrected chi connectivity index (χ4v) is 12.3. The maximum absolute atomic E-state index is 13.1. The summed E-state index contributed by atoms with van der Waals surface area (Å²) in [5, 5.41) is 10.6. The van der Waals surface area contributed by atoms with Gasteiger partial charge in [0, 0.05) is 25.7 Å². The lowest BCUT2D eigenvalue weighted by molar-refractivity contribution is -0.161. The van der Waals surface area contributed by atoms with Gasteiger partial charge in [-0.2, -0.15) is 0 Å². The Morgan fingerprint density at radius 1 is 0.296 bits per heavy atom. The second-order valence-electron chi connectivity index (χ2n) is 26.3. The van der Waals surface area contributed by atoms with Gasteiger partial charge in [-0.15, -0.1) is 0 Å². The Bertz CT molecular complexity index is 2140. The van der Waals surface area contributed by atoms with E-state index in [1.165, 1.54) is 103 Å². The molecule has 0 aliphatic rings. The molecule has 3 N–H and O–H groups in total. The predicted molar refractivity (Wildman–Crippen MR) is 400 cm³/mol. The van der Waals surface area contributed by atoms with Crippen molar-refractivity contribution in [3.8, 4) is 0 Å². The van der Waals surface area contributed by atoms with Gasteiger partial charge < -0.3 is 33.8 Å². The lowest BCUT2D eigenvalue weighted by atomic mass is 10.0. The molecule has 0 heterocycles. The molecule has 0 fully saturated rings. The lowest BCUT2D eigenvalue weighted by Gasteiger charge is -2.21. The van der Waals surface area contributed by atoms with Gasteiger partial charge in [0.25, 0.3) is 0 Å². The first-order chi connectivity index (χ1) is 47.7. The van der Waals surface area contributed by atoms with Crippen LogP contribution in [0.3, 0.4) is 0 Å². The van der Waals surface area contributed by atoms with Gasteiger partial charge in [-0.05, 0) is 109 Å². The number of carbonyl (C=O) groups excluding carboxylic acids is 4. The third kappa shape index (κ3) is 70.9. The molecule has 0 aromatic rings. The van der Waals surface area contributed by atoms with Crippen molar-refractivity contribution >= 4 is 39.5 Å². The van der Waals surface area contributed by atoms with E-state index in [4.69, 9.17) is 37.0 Å². The van der Waals surface area contributed by atoms with Gasteiger partial charge in [-0.3, -0.25) is 37.3 Å². The molecular weight excluding hydrogens is 1280 g/mol. The van der Waals surface area contributed by atoms with Gasteiger partial charge in [-0.25, -0.2) is 9.13 Å². The Hall–Kier alpha value is -3.50. The minimum atomic E-state index is -4.98. The molecule has 0 amide bonds. The number of esters is 4. The van der Waals surface area contributed by atoms with E-state index in [0.717, 1.165) is 167 Å². The lowest BCUT2D eigenvalue weighted by Crippen LogP contribution is -2.30. The van der Waals surface area contributed by atoms with Crippen molar-refractivity contribution in [2.45, 2.75) is 367 Å². The summed E-state index contributed by atoms with van der Waals surface area (Å²) in [5.41, 5.74) is 0. The van der Waals surface area contributed by atoms with Crippen LogP contribution in [0.25, 0.3) is 0 Å². The van der Waals surface area contributed by atoms with Gasteiger partial charge in [0.05, 0.1) is 26.4 Å². The Labute approximate surface area is 596 Å². The first-order valence-corrected chi connectivity index (χ1v) is 42.2. The van der Waals surface area contributed by atoms with Crippen molar-refractivity contribution < 1.29 is 80.2 Å². The Morgan fingerprint density at radius 2 is 0.551 bits per heavy atom. The van der Waals surface area contributed by atoms with Gasteiger partial charge in [-0.1, -0.05) is 287 Å². The average molecular weight is 1430 g/mol. The van der Waals surface area contributed by atoms with Gasteiger partial charge >= 0.3 is 39.5 Å². The van der Waals surface area contributed by atoms with Crippen LogP contribution >= 0.6 is 15.6 Å². The van der Waals surface area contributed by atoms with Crippen LogP contribution in [-0.4, -0.2) is 96.7 Å². The van der Waals surface area contributed by atoms with Crippen LogP contribution in [-0.2, 0) is 65.4 Å². The van der Waals surface area contributed by atoms with E-state index in [1.54, 1.807) is 0 Å². The number of aliphatic hydroxyl groups excluding tert-OH is 1. The number of unbranched alkanes of at least 4 members (excludes halogenated alkanes) is 36. The normalized spacial score (nSPS) is 14.3. The molecule has 0 aromatic carbocycles. The van der Waals surface area contributed by atoms with Crippen LogP contribution in [0.1, 0.15) is 349 Å². The SMILES string of the molecule is CC/C=C\C/C=C\C/C=C\CCCCCCCC(=O)OCC(COP(=O)(O)OCC(O)COP(=O)(O)OCC(COC(=O)CCCCCCC/C=C\CCCCCCCC)OC(=O)CCCCCCCCCCCCCCCCC)OC(=O)CCCCCCC/C=C\C/C=C\CCC. The van der Waals surface area contributed by atoms with Crippen LogP contribution in [0.2, 0.25) is 0 Å². The molecule has 570 valence electrons. The molecule has 5 unspecified atom stereocenters. The number of phosphoric acid groups is 2. The van der Waals surface area contributed by atoms with Crippen molar-refractivity contribution in [2.75, 3.05) is 39.6 Å². The van der Waals surface area contributed by atoms with E-state index >= 15 is 0 Å². The van der Waals surface area contributed by atoms with Gasteiger partial charge in [0.15, 0.2) is 12.2 Å². The van der Waals surface area contributed by atoms with E-state index in [1.807, 2.05) is 0 Å². The van der Waals surface area contributed by atoms with Crippen molar-refractivity contribution in [2.24, 2.45) is 0 Å². The smallest absolute Gasteiger partial charge is 0.462 e. The molecule has 19 heteroatoms. The highest BCUT2D eigenvalue weighted by molar-refractivity contribution is 7.47. The van der Waals surface area contributed by atoms with E-state index in [9.17, 15) is 43.2 Å². The number of carbonyl (C=O) groups is 4. The van der Waals surface area contributed by atoms with Crippen molar-refractivity contribution in [3.05, 3.63) is 72.9 Å². The molecular formula is C79H142O17P2. The number of ether oxygens (including phenoxy) is 4. The fourth-order valence-electron chi connectivity index (χ4n) is 10.7. The third-order valence-corrected chi connectivity index (χ3v) is 18.5. The van der Waals surface area contributed by atoms with Crippen LogP contribution in [0.15, 0.2) is 72.9 Å². The Morgan fingerprint density at radius 3 is 0.867 bits per heavy atom. The van der Waals surface area contributed by atoms with Gasteiger partial charge in [0.2, 0.25) is 0 Å². The summed E-state index contributed by atoms with van der Waals surface area (Å²) >= 11 is 0. The highest BCUT2D eigenvalue weighted by Crippen LogP contribution is 2.45. The summed E-state index contributed by atoms with van der Waals surface area (Å²) in [6.45, 7) is 4.70. The van der Waals surface area contributed by atoms with E-state index in [-0.39, 0.29) is 25.7 Å². The van der Waals surface area contributed by atoms with E-state index in [2.05, 4.69) is 101 Å². The summed E-state index contributed by atoms with van der Waals surface area (Å²) < 4.78 is 68.5. The van der Waals surface area contributed by atoms with Crippen LogP contribution < -0.4 is 0 Å².